The number of aromatic nitrogens is 2. The van der Waals surface area contributed by atoms with E-state index in [0.29, 0.717) is 23.5 Å². The first kappa shape index (κ1) is 44.2. The number of nitrogens with zero attached hydrogens (tertiary/aromatic N) is 6. The number of hydrogen-bond donors (Lipinski definition) is 2. The van der Waals surface area contributed by atoms with Crippen molar-refractivity contribution < 1.29 is 45.2 Å². The van der Waals surface area contributed by atoms with Crippen LogP contribution in [0.5, 0.6) is 0 Å². The second kappa shape index (κ2) is 17.1. The number of amides is 4. The molecule has 21 heteroatoms. The van der Waals surface area contributed by atoms with E-state index in [1.165, 1.54) is 71.2 Å². The third-order valence-corrected chi connectivity index (χ3v) is 14.9. The lowest BCUT2D eigenvalue weighted by molar-refractivity contribution is -0.127. The third-order valence-electron chi connectivity index (χ3n) is 11.6. The summed E-state index contributed by atoms with van der Waals surface area (Å²) in [5.74, 6) is -7.72. The van der Waals surface area contributed by atoms with Crippen molar-refractivity contribution in [3.63, 3.8) is 0 Å². The Hall–Kier alpha value is -6.97. The molecule has 1 fully saturated rings. The van der Waals surface area contributed by atoms with E-state index in [4.69, 9.17) is 0 Å². The number of halogens is 4. The van der Waals surface area contributed by atoms with Crippen molar-refractivity contribution in [3.05, 3.63) is 144 Å². The van der Waals surface area contributed by atoms with Gasteiger partial charge in [-0.05, 0) is 113 Å². The first-order valence-electron chi connectivity index (χ1n) is 20.2. The molecule has 2 N–H and O–H groups in total. The van der Waals surface area contributed by atoms with Crippen LogP contribution in [0.25, 0.3) is 20.2 Å². The maximum atomic E-state index is 14.5. The largest absolute Gasteiger partial charge is 0.342 e. The Morgan fingerprint density at radius 2 is 1.24 bits per heavy atom. The lowest BCUT2D eigenvalue weighted by Gasteiger charge is -2.27. The third kappa shape index (κ3) is 8.40. The van der Waals surface area contributed by atoms with Crippen molar-refractivity contribution in [1.29, 1.82) is 0 Å². The number of rotatable bonds is 13. The summed E-state index contributed by atoms with van der Waals surface area (Å²) >= 11 is 2.52. The van der Waals surface area contributed by atoms with Crippen LogP contribution in [-0.4, -0.2) is 79.6 Å². The Kier molecular flexibility index (Phi) is 11.5. The predicted molar refractivity (Wildman–Crippen MR) is 243 cm³/mol. The van der Waals surface area contributed by atoms with Crippen LogP contribution in [0.2, 0.25) is 0 Å². The zero-order valence-electron chi connectivity index (χ0n) is 34.7. The fourth-order valence-electron chi connectivity index (χ4n) is 8.32. The highest BCUT2D eigenvalue weighted by Gasteiger charge is 2.63. The van der Waals surface area contributed by atoms with Gasteiger partial charge in [-0.25, -0.2) is 26.2 Å². The van der Waals surface area contributed by atoms with Crippen molar-refractivity contribution in [2.75, 3.05) is 45.6 Å². The Balaban J connectivity index is 0.961. The van der Waals surface area contributed by atoms with Gasteiger partial charge in [0.15, 0.2) is 0 Å². The van der Waals surface area contributed by atoms with Crippen LogP contribution in [0.15, 0.2) is 109 Å². The van der Waals surface area contributed by atoms with Gasteiger partial charge >= 0.3 is 10.2 Å². The first-order chi connectivity index (χ1) is 31.5. The minimum atomic E-state index is -4.74. The molecule has 9 rings (SSSR count). The molecule has 1 saturated carbocycles. The van der Waals surface area contributed by atoms with Crippen LogP contribution in [-0.2, 0) is 35.8 Å². The average Bonchev–Trinajstić information content (AvgIpc) is 3.52. The highest BCUT2D eigenvalue weighted by atomic mass is 32.2. The molecule has 5 aromatic carbocycles. The SMILES string of the molecule is CN(C(=O)[C@H](Cc1cc(F)cc(F)c1)NC(=O)CN1c2ccccc2N(CC(=O)NC2(C(=O)N(C)c3ccc4sncc4c3)C[C@@H]2c2cc(F)cc(F)c2)S1(=O)=O)c1ccc2sncc2c1. The minimum Gasteiger partial charge on any atom is -0.342 e. The van der Waals surface area contributed by atoms with E-state index < -0.39 is 87.7 Å². The molecule has 7 aromatic rings. The fraction of sp³-hybridized carbons (Fsp3) is 0.200. The molecule has 0 bridgehead atoms. The van der Waals surface area contributed by atoms with Gasteiger partial charge in [0.05, 0.1) is 20.8 Å². The van der Waals surface area contributed by atoms with Gasteiger partial charge in [-0.1, -0.05) is 12.1 Å². The maximum absolute atomic E-state index is 14.5. The topological polar surface area (TPSA) is 165 Å². The molecule has 1 aliphatic carbocycles. The predicted octanol–water partition coefficient (Wildman–Crippen LogP) is 6.43. The molecule has 4 amide bonds. The monoisotopic (exact) mass is 956 g/mol. The van der Waals surface area contributed by atoms with Crippen molar-refractivity contribution in [3.8, 4) is 0 Å². The lowest BCUT2D eigenvalue weighted by atomic mass is 10.0. The number of nitrogens with one attached hydrogen (secondary N) is 2. The Morgan fingerprint density at radius 3 is 1.80 bits per heavy atom. The molecule has 0 spiro atoms. The number of carbonyl (C=O) groups is 4. The minimum absolute atomic E-state index is 0.00805. The summed E-state index contributed by atoms with van der Waals surface area (Å²) in [6, 6.07) is 20.2. The van der Waals surface area contributed by atoms with E-state index in [1.54, 1.807) is 48.8 Å². The number of hydrogen-bond acceptors (Lipinski definition) is 10. The van der Waals surface area contributed by atoms with Gasteiger partial charge < -0.3 is 20.4 Å². The molecule has 3 heterocycles. The zero-order valence-corrected chi connectivity index (χ0v) is 37.2. The van der Waals surface area contributed by atoms with Gasteiger partial charge in [-0.3, -0.25) is 19.2 Å². The van der Waals surface area contributed by atoms with Crippen LogP contribution in [0, 0.1) is 23.3 Å². The lowest BCUT2D eigenvalue weighted by Crippen LogP contribution is -2.54. The summed E-state index contributed by atoms with van der Waals surface area (Å²) in [6.07, 6.45) is 2.81. The van der Waals surface area contributed by atoms with Gasteiger partial charge in [0.25, 0.3) is 5.91 Å². The smallest absolute Gasteiger partial charge is 0.327 e. The van der Waals surface area contributed by atoms with Gasteiger partial charge in [-0.2, -0.15) is 17.2 Å². The molecule has 0 saturated heterocycles. The molecule has 14 nitrogen and oxygen atoms in total. The molecule has 66 heavy (non-hydrogen) atoms. The summed E-state index contributed by atoms with van der Waals surface area (Å²) < 4.78 is 98.0. The van der Waals surface area contributed by atoms with Crippen LogP contribution in [0.4, 0.5) is 40.3 Å². The van der Waals surface area contributed by atoms with Gasteiger partial charge in [0, 0.05) is 73.1 Å². The van der Waals surface area contributed by atoms with Gasteiger partial charge in [0.2, 0.25) is 17.7 Å². The number of carbonyl (C=O) groups excluding carboxylic acids is 4. The Bertz CT molecular complexity index is 3190. The number of para-hydroxylation sites is 2. The zero-order chi connectivity index (χ0) is 46.7. The van der Waals surface area contributed by atoms with Crippen molar-refractivity contribution >= 4 is 99.8 Å². The molecule has 1 aliphatic heterocycles. The van der Waals surface area contributed by atoms with Crippen molar-refractivity contribution in [2.45, 2.75) is 30.3 Å². The molecule has 1 unspecified atom stereocenters. The molecular formula is C45H36F4N8O6S3. The summed E-state index contributed by atoms with van der Waals surface area (Å²) in [6.45, 7) is -1.77. The summed E-state index contributed by atoms with van der Waals surface area (Å²) in [4.78, 5) is 59.2. The highest BCUT2D eigenvalue weighted by Crippen LogP contribution is 2.53. The molecule has 338 valence electrons. The molecule has 2 aliphatic rings. The number of likely N-dealkylation sites (N-methyl/N-ethyl adjacent to an activating group) is 2. The molecule has 2 aromatic heterocycles. The Morgan fingerprint density at radius 1 is 0.727 bits per heavy atom. The van der Waals surface area contributed by atoms with Gasteiger partial charge in [0.1, 0.15) is 47.9 Å². The maximum Gasteiger partial charge on any atom is 0.327 e. The van der Waals surface area contributed by atoms with E-state index in [2.05, 4.69) is 19.4 Å². The number of benzene rings is 5. The van der Waals surface area contributed by atoms with Gasteiger partial charge in [-0.15, -0.1) is 0 Å². The quantitative estimate of drug-likeness (QED) is 0.125. The van der Waals surface area contributed by atoms with Crippen LogP contribution in [0.3, 0.4) is 0 Å². The number of anilines is 4. The molecule has 3 atom stereocenters. The molecular weight excluding hydrogens is 921 g/mol. The van der Waals surface area contributed by atoms with E-state index in [9.17, 15) is 45.2 Å². The standard InChI is InChI=1S/C45H36F4N8O6S3/c1-54(33-7-9-39-27(16-33)21-50-64-39)43(60)36(13-25-11-29(46)18-30(47)12-25)52-41(58)23-56-37-5-3-4-6-38(37)57(66(56,62)63)24-42(59)53-45(20-35(45)26-14-31(48)19-32(49)15-26)44(61)55(2)34-8-10-40-28(17-34)22-51-65-40/h3-12,14-19,21-22,35-36H,13,20,23-24H2,1-2H3,(H,52,58)(H,53,59)/t35-,36+,45?/m1/s1. The van der Waals surface area contributed by atoms with Crippen LogP contribution < -0.4 is 29.0 Å². The van der Waals surface area contributed by atoms with E-state index in [0.717, 1.165) is 53.0 Å². The summed E-state index contributed by atoms with van der Waals surface area (Å²) in [5, 5.41) is 6.77. The first-order valence-corrected chi connectivity index (χ1v) is 23.1. The van der Waals surface area contributed by atoms with Crippen LogP contribution >= 0.6 is 23.1 Å². The summed E-state index contributed by atoms with van der Waals surface area (Å²) in [7, 11) is -1.80. The summed E-state index contributed by atoms with van der Waals surface area (Å²) in [5.41, 5.74) is -0.715. The number of fused-ring (bicyclic) bond motifs is 3. The normalized spacial score (nSPS) is 17.6. The fourth-order valence-corrected chi connectivity index (χ4v) is 11.2. The van der Waals surface area contributed by atoms with E-state index >= 15 is 0 Å². The second-order valence-corrected chi connectivity index (χ2v) is 19.4. The average molecular weight is 957 g/mol. The second-order valence-electron chi connectivity index (χ2n) is 15.9. The highest BCUT2D eigenvalue weighted by molar-refractivity contribution is 7.94. The van der Waals surface area contributed by atoms with Crippen LogP contribution in [0.1, 0.15) is 23.5 Å². The molecule has 0 radical (unpaired) electrons. The van der Waals surface area contributed by atoms with Crippen molar-refractivity contribution in [1.82, 2.24) is 19.4 Å². The van der Waals surface area contributed by atoms with E-state index in [1.807, 2.05) is 0 Å². The Labute approximate surface area is 382 Å². The van der Waals surface area contributed by atoms with Crippen molar-refractivity contribution in [2.24, 2.45) is 0 Å². The van der Waals surface area contributed by atoms with E-state index in [-0.39, 0.29) is 35.3 Å².